The van der Waals surface area contributed by atoms with Crippen LogP contribution in [0, 0.1) is 11.3 Å². The number of nitrogens with zero attached hydrogens (tertiary/aromatic N) is 4. The zero-order valence-electron chi connectivity index (χ0n) is 16.1. The number of hydrogen-bond acceptors (Lipinski definition) is 6. The SMILES string of the molecule is N#Cc1ccc(-n2nnc(C(=O)NS(=O)(=O)c3ccccc3C(F)(F)F)c2C(F)(F)F)c(Cl)c1. The Morgan fingerprint density at radius 2 is 1.71 bits per heavy atom. The van der Waals surface area contributed by atoms with Crippen LogP contribution in [0.5, 0.6) is 0 Å². The number of nitrogens with one attached hydrogen (secondary N) is 1. The van der Waals surface area contributed by atoms with Crippen molar-refractivity contribution in [2.75, 3.05) is 0 Å². The Labute approximate surface area is 191 Å². The van der Waals surface area contributed by atoms with Crippen molar-refractivity contribution in [3.63, 3.8) is 0 Å². The number of rotatable bonds is 4. The van der Waals surface area contributed by atoms with E-state index in [4.69, 9.17) is 16.9 Å². The molecule has 0 aliphatic rings. The lowest BCUT2D eigenvalue weighted by Gasteiger charge is -2.14. The normalized spacial score (nSPS) is 12.3. The zero-order chi connectivity index (χ0) is 25.5. The summed E-state index contributed by atoms with van der Waals surface area (Å²) in [6.07, 6.45) is -10.5. The molecular formula is C18H8ClF6N5O3S. The number of benzene rings is 2. The molecule has 3 aromatic rings. The van der Waals surface area contributed by atoms with Crippen LogP contribution in [0.1, 0.15) is 27.3 Å². The van der Waals surface area contributed by atoms with Crippen molar-refractivity contribution in [1.82, 2.24) is 19.7 Å². The minimum atomic E-state index is -5.33. The first-order valence-electron chi connectivity index (χ1n) is 8.63. The van der Waals surface area contributed by atoms with Crippen LogP contribution in [0.4, 0.5) is 26.3 Å². The van der Waals surface area contributed by atoms with Crippen LogP contribution >= 0.6 is 11.6 Å². The zero-order valence-corrected chi connectivity index (χ0v) is 17.7. The smallest absolute Gasteiger partial charge is 0.266 e. The van der Waals surface area contributed by atoms with E-state index in [9.17, 15) is 39.6 Å². The molecule has 2 aromatic carbocycles. The molecule has 3 rings (SSSR count). The molecular weight excluding hydrogens is 516 g/mol. The molecule has 8 nitrogen and oxygen atoms in total. The summed E-state index contributed by atoms with van der Waals surface area (Å²) in [5.41, 5.74) is -5.49. The number of aromatic nitrogens is 3. The molecule has 0 unspecified atom stereocenters. The number of nitriles is 1. The van der Waals surface area contributed by atoms with E-state index in [2.05, 4.69) is 10.3 Å². The van der Waals surface area contributed by atoms with Gasteiger partial charge in [0.05, 0.1) is 32.8 Å². The van der Waals surface area contributed by atoms with Crippen molar-refractivity contribution in [3.05, 3.63) is 70.0 Å². The van der Waals surface area contributed by atoms with Crippen LogP contribution in [-0.4, -0.2) is 29.3 Å². The van der Waals surface area contributed by atoms with E-state index >= 15 is 0 Å². The van der Waals surface area contributed by atoms with Crippen LogP contribution in [0.15, 0.2) is 47.4 Å². The fraction of sp³-hybridized carbons (Fsp3) is 0.111. The molecule has 0 aliphatic heterocycles. The van der Waals surface area contributed by atoms with Gasteiger partial charge in [0, 0.05) is 0 Å². The first kappa shape index (κ1) is 25.0. The summed E-state index contributed by atoms with van der Waals surface area (Å²) in [6.45, 7) is 0. The van der Waals surface area contributed by atoms with Crippen LogP contribution in [-0.2, 0) is 22.4 Å². The maximum Gasteiger partial charge on any atom is 0.435 e. The summed E-state index contributed by atoms with van der Waals surface area (Å²) in [4.78, 5) is 11.0. The monoisotopic (exact) mass is 523 g/mol. The maximum atomic E-state index is 13.8. The van der Waals surface area contributed by atoms with Gasteiger partial charge in [0.15, 0.2) is 11.4 Å². The van der Waals surface area contributed by atoms with Crippen molar-refractivity contribution in [1.29, 1.82) is 5.26 Å². The Morgan fingerprint density at radius 1 is 1.06 bits per heavy atom. The molecule has 1 heterocycles. The highest BCUT2D eigenvalue weighted by atomic mass is 35.5. The number of hydrogen-bond donors (Lipinski definition) is 1. The highest BCUT2D eigenvalue weighted by molar-refractivity contribution is 7.90. The van der Waals surface area contributed by atoms with Gasteiger partial charge in [-0.3, -0.25) is 4.79 Å². The van der Waals surface area contributed by atoms with E-state index in [1.807, 2.05) is 0 Å². The minimum absolute atomic E-state index is 0.00480. The highest BCUT2D eigenvalue weighted by Gasteiger charge is 2.44. The summed E-state index contributed by atoms with van der Waals surface area (Å²) in [5, 5.41) is 14.7. The molecule has 0 saturated carbocycles. The van der Waals surface area contributed by atoms with E-state index in [-0.39, 0.29) is 15.3 Å². The Hall–Kier alpha value is -3.64. The summed E-state index contributed by atoms with van der Waals surface area (Å²) in [6, 6.07) is 7.55. The van der Waals surface area contributed by atoms with Gasteiger partial charge in [-0.1, -0.05) is 28.9 Å². The third kappa shape index (κ3) is 4.82. The molecule has 0 bridgehead atoms. The standard InChI is InChI=1S/C18H8ClF6N5O3S/c19-11-7-9(8-26)5-6-12(11)30-15(18(23,24)25)14(27-29-30)16(31)28-34(32,33)13-4-2-1-3-10(13)17(20,21)22/h1-7H,(H,28,31). The van der Waals surface area contributed by atoms with Crippen molar-refractivity contribution in [3.8, 4) is 11.8 Å². The van der Waals surface area contributed by atoms with Gasteiger partial charge in [0.2, 0.25) is 0 Å². The summed E-state index contributed by atoms with van der Waals surface area (Å²) < 4.78 is 107. The van der Waals surface area contributed by atoms with Gasteiger partial charge in [0.1, 0.15) is 0 Å². The molecule has 1 amide bonds. The number of alkyl halides is 6. The second kappa shape index (κ2) is 8.61. The van der Waals surface area contributed by atoms with Crippen LogP contribution in [0.2, 0.25) is 5.02 Å². The van der Waals surface area contributed by atoms with Gasteiger partial charge in [0.25, 0.3) is 15.9 Å². The average Bonchev–Trinajstić information content (AvgIpc) is 3.18. The van der Waals surface area contributed by atoms with Gasteiger partial charge in [-0.15, -0.1) is 5.10 Å². The fourth-order valence-corrected chi connectivity index (χ4v) is 4.21. The number of halogens is 7. The Kier molecular flexibility index (Phi) is 6.33. The third-order valence-electron chi connectivity index (χ3n) is 4.17. The lowest BCUT2D eigenvalue weighted by Crippen LogP contribution is -2.34. The molecule has 16 heteroatoms. The molecule has 0 fully saturated rings. The largest absolute Gasteiger partial charge is 0.435 e. The summed E-state index contributed by atoms with van der Waals surface area (Å²) in [5.74, 6) is -1.99. The second-order valence-electron chi connectivity index (χ2n) is 6.40. The van der Waals surface area contributed by atoms with Gasteiger partial charge in [-0.2, -0.15) is 31.6 Å². The predicted molar refractivity (Wildman–Crippen MR) is 102 cm³/mol. The Bertz CT molecular complexity index is 1430. The lowest BCUT2D eigenvalue weighted by molar-refractivity contribution is -0.143. The highest BCUT2D eigenvalue weighted by Crippen LogP contribution is 2.36. The molecule has 34 heavy (non-hydrogen) atoms. The lowest BCUT2D eigenvalue weighted by atomic mass is 10.2. The quantitative estimate of drug-likeness (QED) is 0.517. The van der Waals surface area contributed by atoms with Crippen molar-refractivity contribution in [2.24, 2.45) is 0 Å². The number of amides is 1. The van der Waals surface area contributed by atoms with Crippen molar-refractivity contribution < 1.29 is 39.6 Å². The van der Waals surface area contributed by atoms with Gasteiger partial charge >= 0.3 is 12.4 Å². The molecule has 0 saturated heterocycles. The number of carbonyl (C=O) groups excluding carboxylic acids is 1. The summed E-state index contributed by atoms with van der Waals surface area (Å²) in [7, 11) is -5.28. The first-order chi connectivity index (χ1) is 15.7. The second-order valence-corrected chi connectivity index (χ2v) is 8.46. The van der Waals surface area contributed by atoms with E-state index in [0.717, 1.165) is 35.1 Å². The van der Waals surface area contributed by atoms with Gasteiger partial charge < -0.3 is 0 Å². The Morgan fingerprint density at radius 3 is 2.26 bits per heavy atom. The summed E-state index contributed by atoms with van der Waals surface area (Å²) >= 11 is 5.89. The van der Waals surface area contributed by atoms with Crippen molar-refractivity contribution >= 4 is 27.5 Å². The molecule has 1 N–H and O–H groups in total. The van der Waals surface area contributed by atoms with Gasteiger partial charge in [-0.25, -0.2) is 17.8 Å². The van der Waals surface area contributed by atoms with E-state index in [0.29, 0.717) is 12.1 Å². The Balaban J connectivity index is 2.09. The third-order valence-corrected chi connectivity index (χ3v) is 5.86. The van der Waals surface area contributed by atoms with Crippen LogP contribution in [0.3, 0.4) is 0 Å². The molecule has 178 valence electrons. The number of carbonyl (C=O) groups is 1. The number of sulfonamides is 1. The maximum absolute atomic E-state index is 13.8. The topological polar surface area (TPSA) is 118 Å². The molecule has 0 aliphatic carbocycles. The minimum Gasteiger partial charge on any atom is -0.266 e. The van der Waals surface area contributed by atoms with Crippen molar-refractivity contribution in [2.45, 2.75) is 17.2 Å². The molecule has 0 spiro atoms. The van der Waals surface area contributed by atoms with Crippen LogP contribution in [0.25, 0.3) is 5.69 Å². The van der Waals surface area contributed by atoms with E-state index in [1.165, 1.54) is 0 Å². The molecule has 1 aromatic heterocycles. The van der Waals surface area contributed by atoms with Gasteiger partial charge in [-0.05, 0) is 30.3 Å². The van der Waals surface area contributed by atoms with Crippen LogP contribution < -0.4 is 4.72 Å². The molecule has 0 radical (unpaired) electrons. The first-order valence-corrected chi connectivity index (χ1v) is 10.5. The average molecular weight is 524 g/mol. The predicted octanol–water partition coefficient (Wildman–Crippen LogP) is 3.95. The fourth-order valence-electron chi connectivity index (χ4n) is 2.77. The van der Waals surface area contributed by atoms with E-state index < -0.39 is 55.8 Å². The van der Waals surface area contributed by atoms with E-state index in [1.54, 1.807) is 6.07 Å². The molecule has 0 atom stereocenters.